The Hall–Kier alpha value is -0.990. The van der Waals surface area contributed by atoms with Crippen molar-refractivity contribution in [3.8, 4) is 0 Å². The molecular formula is C12H19N3O3S. The fourth-order valence-corrected chi connectivity index (χ4v) is 3.10. The van der Waals surface area contributed by atoms with Gasteiger partial charge in [-0.1, -0.05) is 12.1 Å². The van der Waals surface area contributed by atoms with Crippen LogP contribution in [0, 0.1) is 0 Å². The number of hydrogen-bond acceptors (Lipinski definition) is 5. The van der Waals surface area contributed by atoms with E-state index in [0.717, 1.165) is 5.56 Å². The van der Waals surface area contributed by atoms with Crippen LogP contribution in [0.4, 0.5) is 0 Å². The molecule has 0 aliphatic carbocycles. The van der Waals surface area contributed by atoms with Crippen molar-refractivity contribution in [1.82, 2.24) is 15.2 Å². The Kier molecular flexibility index (Phi) is 4.89. The first-order valence-electron chi connectivity index (χ1n) is 6.20. The summed E-state index contributed by atoms with van der Waals surface area (Å²) in [5.41, 5.74) is 0.937. The van der Waals surface area contributed by atoms with Gasteiger partial charge in [0.05, 0.1) is 18.1 Å². The highest BCUT2D eigenvalue weighted by Crippen LogP contribution is 2.12. The molecule has 0 aromatic heterocycles. The van der Waals surface area contributed by atoms with E-state index in [0.29, 0.717) is 32.8 Å². The average Bonchev–Trinajstić information content (AvgIpc) is 2.40. The highest BCUT2D eigenvalue weighted by Gasteiger charge is 2.20. The number of sulfonamides is 1. The van der Waals surface area contributed by atoms with E-state index < -0.39 is 10.0 Å². The molecule has 1 aliphatic rings. The van der Waals surface area contributed by atoms with Gasteiger partial charge in [0.25, 0.3) is 10.0 Å². The minimum atomic E-state index is -3.51. The maximum absolute atomic E-state index is 12.2. The van der Waals surface area contributed by atoms with E-state index in [1.807, 2.05) is 13.1 Å². The molecule has 0 bridgehead atoms. The van der Waals surface area contributed by atoms with Crippen molar-refractivity contribution >= 4 is 10.0 Å². The Morgan fingerprint density at radius 2 is 2.05 bits per heavy atom. The van der Waals surface area contributed by atoms with Gasteiger partial charge in [-0.3, -0.25) is 0 Å². The monoisotopic (exact) mass is 285 g/mol. The first kappa shape index (κ1) is 14.4. The van der Waals surface area contributed by atoms with E-state index in [1.165, 1.54) is 0 Å². The van der Waals surface area contributed by atoms with Crippen LogP contribution in [0.2, 0.25) is 0 Å². The lowest BCUT2D eigenvalue weighted by Crippen LogP contribution is -2.48. The minimum Gasteiger partial charge on any atom is -0.379 e. The van der Waals surface area contributed by atoms with Crippen LogP contribution in [0.25, 0.3) is 0 Å². The van der Waals surface area contributed by atoms with Crippen molar-refractivity contribution < 1.29 is 13.2 Å². The van der Waals surface area contributed by atoms with Crippen molar-refractivity contribution in [2.75, 3.05) is 33.4 Å². The summed E-state index contributed by atoms with van der Waals surface area (Å²) < 4.78 is 29.7. The van der Waals surface area contributed by atoms with Gasteiger partial charge >= 0.3 is 0 Å². The van der Waals surface area contributed by atoms with E-state index in [1.54, 1.807) is 23.2 Å². The molecule has 1 saturated heterocycles. The zero-order chi connectivity index (χ0) is 13.7. The number of hydrogen-bond donors (Lipinski definition) is 2. The smallest absolute Gasteiger partial charge is 0.253 e. The van der Waals surface area contributed by atoms with Crippen molar-refractivity contribution in [2.45, 2.75) is 11.4 Å². The Labute approximate surface area is 113 Å². The first-order valence-corrected chi connectivity index (χ1v) is 7.69. The van der Waals surface area contributed by atoms with Crippen molar-refractivity contribution in [2.24, 2.45) is 0 Å². The SMILES string of the molecule is CNCc1cccc(S(=O)(=O)NN2CCOCC2)c1. The Morgan fingerprint density at radius 3 is 2.74 bits per heavy atom. The van der Waals surface area contributed by atoms with Gasteiger partial charge in [0.15, 0.2) is 0 Å². The first-order chi connectivity index (χ1) is 9.12. The van der Waals surface area contributed by atoms with E-state index in [-0.39, 0.29) is 4.90 Å². The molecule has 1 fully saturated rings. The van der Waals surface area contributed by atoms with Gasteiger partial charge in [0.2, 0.25) is 0 Å². The summed E-state index contributed by atoms with van der Waals surface area (Å²) in [4.78, 5) is 2.87. The number of nitrogens with zero attached hydrogens (tertiary/aromatic N) is 1. The van der Waals surface area contributed by atoms with E-state index in [2.05, 4.69) is 10.1 Å². The number of nitrogens with one attached hydrogen (secondary N) is 2. The van der Waals surface area contributed by atoms with Gasteiger partial charge in [0.1, 0.15) is 0 Å². The van der Waals surface area contributed by atoms with Gasteiger partial charge < -0.3 is 10.1 Å². The minimum absolute atomic E-state index is 0.284. The Balaban J connectivity index is 2.11. The molecule has 1 aliphatic heterocycles. The molecule has 7 heteroatoms. The fourth-order valence-electron chi connectivity index (χ4n) is 1.90. The second-order valence-electron chi connectivity index (χ2n) is 4.37. The number of hydrazine groups is 1. The molecule has 0 spiro atoms. The molecular weight excluding hydrogens is 266 g/mol. The average molecular weight is 285 g/mol. The lowest BCUT2D eigenvalue weighted by molar-refractivity contribution is 0.0272. The van der Waals surface area contributed by atoms with Crippen molar-refractivity contribution in [3.63, 3.8) is 0 Å². The molecule has 1 aromatic carbocycles. The predicted molar refractivity (Wildman–Crippen MR) is 71.9 cm³/mol. The number of morpholine rings is 1. The molecule has 1 aromatic rings. The van der Waals surface area contributed by atoms with Crippen LogP contribution in [-0.4, -0.2) is 46.8 Å². The maximum atomic E-state index is 12.2. The number of benzene rings is 1. The van der Waals surface area contributed by atoms with Crippen LogP contribution in [0.5, 0.6) is 0 Å². The second kappa shape index (κ2) is 6.44. The van der Waals surface area contributed by atoms with Gasteiger partial charge in [0, 0.05) is 19.6 Å². The highest BCUT2D eigenvalue weighted by atomic mass is 32.2. The fraction of sp³-hybridized carbons (Fsp3) is 0.500. The summed E-state index contributed by atoms with van der Waals surface area (Å²) >= 11 is 0. The van der Waals surface area contributed by atoms with Gasteiger partial charge in [-0.25, -0.2) is 13.4 Å². The number of ether oxygens (including phenoxy) is 1. The Morgan fingerprint density at radius 1 is 1.32 bits per heavy atom. The van der Waals surface area contributed by atoms with Crippen molar-refractivity contribution in [1.29, 1.82) is 0 Å². The van der Waals surface area contributed by atoms with Crippen LogP contribution in [0.1, 0.15) is 5.56 Å². The number of rotatable bonds is 5. The zero-order valence-corrected chi connectivity index (χ0v) is 11.7. The standard InChI is InChI=1S/C12H19N3O3S/c1-13-10-11-3-2-4-12(9-11)19(16,17)14-15-5-7-18-8-6-15/h2-4,9,13-14H,5-8,10H2,1H3. The summed E-state index contributed by atoms with van der Waals surface area (Å²) in [6.45, 7) is 2.86. The van der Waals surface area contributed by atoms with Crippen LogP contribution in [0.3, 0.4) is 0 Å². The lowest BCUT2D eigenvalue weighted by Gasteiger charge is -2.26. The highest BCUT2D eigenvalue weighted by molar-refractivity contribution is 7.89. The summed E-state index contributed by atoms with van der Waals surface area (Å²) in [6, 6.07) is 6.92. The van der Waals surface area contributed by atoms with E-state index in [9.17, 15) is 8.42 Å². The Bertz CT molecular complexity index is 513. The third kappa shape index (κ3) is 3.99. The van der Waals surface area contributed by atoms with E-state index >= 15 is 0 Å². The molecule has 0 amide bonds. The molecule has 19 heavy (non-hydrogen) atoms. The molecule has 106 valence electrons. The van der Waals surface area contributed by atoms with Gasteiger partial charge in [-0.05, 0) is 24.7 Å². The normalized spacial score (nSPS) is 17.5. The second-order valence-corrected chi connectivity index (χ2v) is 6.03. The predicted octanol–water partition coefficient (Wildman–Crippen LogP) is -0.0685. The van der Waals surface area contributed by atoms with Crippen LogP contribution in [0.15, 0.2) is 29.2 Å². The molecule has 2 rings (SSSR count). The molecule has 6 nitrogen and oxygen atoms in total. The molecule has 1 heterocycles. The summed E-state index contributed by atoms with van der Waals surface area (Å²) in [7, 11) is -1.68. The topological polar surface area (TPSA) is 70.7 Å². The lowest BCUT2D eigenvalue weighted by atomic mass is 10.2. The molecule has 0 atom stereocenters. The zero-order valence-electron chi connectivity index (χ0n) is 10.9. The maximum Gasteiger partial charge on any atom is 0.253 e. The van der Waals surface area contributed by atoms with Crippen molar-refractivity contribution in [3.05, 3.63) is 29.8 Å². The largest absolute Gasteiger partial charge is 0.379 e. The van der Waals surface area contributed by atoms with Crippen LogP contribution in [-0.2, 0) is 21.3 Å². The molecule has 0 unspecified atom stereocenters. The summed E-state index contributed by atoms with van der Waals surface area (Å²) in [6.07, 6.45) is 0. The van der Waals surface area contributed by atoms with E-state index in [4.69, 9.17) is 4.74 Å². The van der Waals surface area contributed by atoms with Crippen LogP contribution < -0.4 is 10.1 Å². The summed E-state index contributed by atoms with van der Waals surface area (Å²) in [5, 5.41) is 4.67. The van der Waals surface area contributed by atoms with Crippen LogP contribution >= 0.6 is 0 Å². The molecule has 2 N–H and O–H groups in total. The quantitative estimate of drug-likeness (QED) is 0.792. The third-order valence-corrected chi connectivity index (χ3v) is 4.22. The summed E-state index contributed by atoms with van der Waals surface area (Å²) in [5.74, 6) is 0. The van der Waals surface area contributed by atoms with Gasteiger partial charge in [-0.15, -0.1) is 4.83 Å². The molecule has 0 radical (unpaired) electrons. The van der Waals surface area contributed by atoms with Gasteiger partial charge in [-0.2, -0.15) is 0 Å². The third-order valence-electron chi connectivity index (χ3n) is 2.85. The molecule has 0 saturated carbocycles.